The molecule has 0 fully saturated rings. The maximum absolute atomic E-state index is 12.9. The van der Waals surface area contributed by atoms with Crippen molar-refractivity contribution in [3.8, 4) is 5.75 Å². The van der Waals surface area contributed by atoms with Crippen LogP contribution in [0.1, 0.15) is 48.7 Å². The van der Waals surface area contributed by atoms with Crippen LogP contribution < -0.4 is 20.5 Å². The second kappa shape index (κ2) is 11.7. The van der Waals surface area contributed by atoms with E-state index in [0.29, 0.717) is 23.5 Å². The molecular weight excluding hydrogens is 408 g/mol. The highest BCUT2D eigenvalue weighted by Crippen LogP contribution is 2.15. The maximum atomic E-state index is 12.9. The predicted octanol–water partition coefficient (Wildman–Crippen LogP) is 2.45. The number of carboxylic acid groups (broad SMARTS) is 1. The number of amides is 2. The summed E-state index contributed by atoms with van der Waals surface area (Å²) in [5.41, 5.74) is 1.93. The fraction of sp³-hybridized carbons (Fsp3) is 0.320. The minimum Gasteiger partial charge on any atom is -0.548 e. The summed E-state index contributed by atoms with van der Waals surface area (Å²) in [4.78, 5) is 37.1. The lowest BCUT2D eigenvalue weighted by atomic mass is 10.0. The molecule has 0 aliphatic rings. The maximum Gasteiger partial charge on any atom is 0.268 e. The van der Waals surface area contributed by atoms with Crippen LogP contribution in [-0.2, 0) is 9.59 Å². The Bertz CT molecular complexity index is 963. The largest absolute Gasteiger partial charge is 0.548 e. The molecule has 0 spiro atoms. The third-order valence-electron chi connectivity index (χ3n) is 4.61. The van der Waals surface area contributed by atoms with Gasteiger partial charge in [-0.1, -0.05) is 43.7 Å². The molecule has 2 aromatic rings. The summed E-state index contributed by atoms with van der Waals surface area (Å²) in [5.74, 6) is -1.87. The van der Waals surface area contributed by atoms with Crippen molar-refractivity contribution in [2.24, 2.45) is 5.92 Å². The minimum atomic E-state index is -1.38. The van der Waals surface area contributed by atoms with Crippen molar-refractivity contribution in [3.63, 3.8) is 0 Å². The summed E-state index contributed by atoms with van der Waals surface area (Å²) in [6, 6.07) is 12.7. The number of carbonyl (C=O) groups excluding carboxylic acids is 3. The highest BCUT2D eigenvalue weighted by atomic mass is 16.5. The number of benzene rings is 2. The van der Waals surface area contributed by atoms with Crippen LogP contribution in [0.15, 0.2) is 54.2 Å². The first-order valence-electron chi connectivity index (χ1n) is 10.5. The zero-order chi connectivity index (χ0) is 23.7. The molecule has 0 unspecified atom stereocenters. The number of hydrogen-bond acceptors (Lipinski definition) is 5. The Labute approximate surface area is 188 Å². The second-order valence-electron chi connectivity index (χ2n) is 7.85. The van der Waals surface area contributed by atoms with Crippen LogP contribution in [-0.4, -0.2) is 30.4 Å². The van der Waals surface area contributed by atoms with E-state index < -0.39 is 23.8 Å². The van der Waals surface area contributed by atoms with E-state index in [0.717, 1.165) is 5.56 Å². The van der Waals surface area contributed by atoms with E-state index in [1.54, 1.807) is 48.5 Å². The monoisotopic (exact) mass is 437 g/mol. The van der Waals surface area contributed by atoms with E-state index in [1.165, 1.54) is 6.08 Å². The number of hydrogen-bond donors (Lipinski definition) is 2. The van der Waals surface area contributed by atoms with Crippen LogP contribution in [0, 0.1) is 12.8 Å². The van der Waals surface area contributed by atoms with Gasteiger partial charge >= 0.3 is 0 Å². The molecule has 2 amide bonds. The molecule has 2 N–H and O–H groups in total. The Hall–Kier alpha value is -3.61. The molecule has 32 heavy (non-hydrogen) atoms. The Morgan fingerprint density at radius 3 is 2.19 bits per heavy atom. The summed E-state index contributed by atoms with van der Waals surface area (Å²) in [6.45, 7) is 7.99. The van der Waals surface area contributed by atoms with Gasteiger partial charge in [-0.2, -0.15) is 0 Å². The van der Waals surface area contributed by atoms with E-state index in [-0.39, 0.29) is 18.0 Å². The molecule has 0 saturated carbocycles. The molecule has 2 rings (SSSR count). The standard InChI is InChI=1S/C25H30N2O5/c1-5-32-20-12-8-18(9-13-20)15-21(24(29)27-22(25(30)31)14-16(2)3)26-23(28)19-10-6-17(4)7-11-19/h6-13,15-16,22H,5,14H2,1-4H3,(H,26,28)(H,27,29)(H,30,31)/p-1/b21-15-/t22-/m1/s1. The lowest BCUT2D eigenvalue weighted by Crippen LogP contribution is -2.50. The van der Waals surface area contributed by atoms with Gasteiger partial charge in [0.05, 0.1) is 18.6 Å². The molecule has 1 atom stereocenters. The van der Waals surface area contributed by atoms with E-state index >= 15 is 0 Å². The number of carbonyl (C=O) groups is 3. The van der Waals surface area contributed by atoms with E-state index in [1.807, 2.05) is 27.7 Å². The third kappa shape index (κ3) is 7.58. The van der Waals surface area contributed by atoms with Gasteiger partial charge in [-0.05, 0) is 62.1 Å². The van der Waals surface area contributed by atoms with Crippen LogP contribution >= 0.6 is 0 Å². The Morgan fingerprint density at radius 1 is 1.03 bits per heavy atom. The first kappa shape index (κ1) is 24.7. The third-order valence-corrected chi connectivity index (χ3v) is 4.61. The topological polar surface area (TPSA) is 108 Å². The molecule has 7 nitrogen and oxygen atoms in total. The normalized spacial score (nSPS) is 12.2. The molecule has 0 aliphatic carbocycles. The summed E-state index contributed by atoms with van der Waals surface area (Å²) in [5, 5.41) is 16.5. The smallest absolute Gasteiger partial charge is 0.268 e. The van der Waals surface area contributed by atoms with E-state index in [2.05, 4.69) is 10.6 Å². The van der Waals surface area contributed by atoms with Crippen molar-refractivity contribution < 1.29 is 24.2 Å². The van der Waals surface area contributed by atoms with Crippen molar-refractivity contribution in [2.45, 2.75) is 40.2 Å². The summed E-state index contributed by atoms with van der Waals surface area (Å²) in [6.07, 6.45) is 1.69. The van der Waals surface area contributed by atoms with Crippen LogP contribution in [0.3, 0.4) is 0 Å². The number of rotatable bonds is 10. The van der Waals surface area contributed by atoms with Gasteiger partial charge in [0.15, 0.2) is 0 Å². The zero-order valence-electron chi connectivity index (χ0n) is 18.8. The quantitative estimate of drug-likeness (QED) is 0.555. The lowest BCUT2D eigenvalue weighted by molar-refractivity contribution is -0.308. The van der Waals surface area contributed by atoms with E-state index in [9.17, 15) is 19.5 Å². The Morgan fingerprint density at radius 2 is 1.66 bits per heavy atom. The van der Waals surface area contributed by atoms with Crippen molar-refractivity contribution in [1.29, 1.82) is 0 Å². The molecule has 170 valence electrons. The molecular formula is C25H29N2O5-. The predicted molar refractivity (Wildman–Crippen MR) is 121 cm³/mol. The first-order valence-corrected chi connectivity index (χ1v) is 10.5. The first-order chi connectivity index (χ1) is 15.2. The van der Waals surface area contributed by atoms with Crippen LogP contribution in [0.25, 0.3) is 6.08 Å². The molecule has 7 heteroatoms. The number of aryl methyl sites for hydroxylation is 1. The van der Waals surface area contributed by atoms with Gasteiger partial charge in [-0.25, -0.2) is 0 Å². The van der Waals surface area contributed by atoms with Crippen LogP contribution in [0.5, 0.6) is 5.75 Å². The van der Waals surface area contributed by atoms with Gasteiger partial charge < -0.3 is 25.3 Å². The molecule has 0 aliphatic heterocycles. The van der Waals surface area contributed by atoms with Crippen LogP contribution in [0.4, 0.5) is 0 Å². The fourth-order valence-corrected chi connectivity index (χ4v) is 2.97. The summed E-state index contributed by atoms with van der Waals surface area (Å²) < 4.78 is 5.42. The summed E-state index contributed by atoms with van der Waals surface area (Å²) >= 11 is 0. The van der Waals surface area contributed by atoms with E-state index in [4.69, 9.17) is 4.74 Å². The molecule has 0 heterocycles. The van der Waals surface area contributed by atoms with Crippen molar-refractivity contribution in [3.05, 3.63) is 70.9 Å². The van der Waals surface area contributed by atoms with Gasteiger partial charge in [0.25, 0.3) is 11.8 Å². The Balaban J connectivity index is 2.32. The fourth-order valence-electron chi connectivity index (χ4n) is 2.97. The van der Waals surface area contributed by atoms with Gasteiger partial charge in [-0.15, -0.1) is 0 Å². The zero-order valence-corrected chi connectivity index (χ0v) is 18.8. The SMILES string of the molecule is CCOc1ccc(/C=C(\NC(=O)c2ccc(C)cc2)C(=O)N[C@H](CC(C)C)C(=O)[O-])cc1. The molecule has 0 radical (unpaired) electrons. The molecule has 0 bridgehead atoms. The Kier molecular flexibility index (Phi) is 9.01. The molecule has 0 aromatic heterocycles. The minimum absolute atomic E-state index is 0.0267. The van der Waals surface area contributed by atoms with Crippen molar-refractivity contribution >= 4 is 23.9 Å². The molecule has 2 aromatic carbocycles. The number of carboxylic acids is 1. The number of ether oxygens (including phenoxy) is 1. The number of nitrogens with one attached hydrogen (secondary N) is 2. The highest BCUT2D eigenvalue weighted by molar-refractivity contribution is 6.06. The van der Waals surface area contributed by atoms with Gasteiger partial charge in [0.2, 0.25) is 0 Å². The number of aliphatic carboxylic acids is 1. The van der Waals surface area contributed by atoms with Crippen molar-refractivity contribution in [1.82, 2.24) is 10.6 Å². The van der Waals surface area contributed by atoms with Gasteiger partial charge in [0.1, 0.15) is 11.4 Å². The highest BCUT2D eigenvalue weighted by Gasteiger charge is 2.20. The molecule has 0 saturated heterocycles. The average molecular weight is 438 g/mol. The van der Waals surface area contributed by atoms with Crippen LogP contribution in [0.2, 0.25) is 0 Å². The lowest BCUT2D eigenvalue weighted by Gasteiger charge is -2.22. The average Bonchev–Trinajstić information content (AvgIpc) is 2.74. The van der Waals surface area contributed by atoms with Gasteiger partial charge in [0, 0.05) is 5.56 Å². The summed E-state index contributed by atoms with van der Waals surface area (Å²) in [7, 11) is 0. The second-order valence-corrected chi connectivity index (χ2v) is 7.85. The van der Waals surface area contributed by atoms with Crippen molar-refractivity contribution in [2.75, 3.05) is 6.61 Å². The van der Waals surface area contributed by atoms with Gasteiger partial charge in [-0.3, -0.25) is 9.59 Å².